The first-order valence-electron chi connectivity index (χ1n) is 7.39. The second kappa shape index (κ2) is 7.20. The molecule has 19 heavy (non-hydrogen) atoms. The van der Waals surface area contributed by atoms with E-state index in [9.17, 15) is 4.21 Å². The van der Waals surface area contributed by atoms with Gasteiger partial charge in [0.25, 0.3) is 0 Å². The molecule has 0 radical (unpaired) electrons. The molecule has 1 N–H and O–H groups in total. The highest BCUT2D eigenvalue weighted by Crippen LogP contribution is 2.29. The Morgan fingerprint density at radius 1 is 1.37 bits per heavy atom. The Labute approximate surface area is 119 Å². The molecule has 2 rings (SSSR count). The predicted octanol–water partition coefficient (Wildman–Crippen LogP) is 3.27. The lowest BCUT2D eigenvalue weighted by atomic mass is 10.0. The van der Waals surface area contributed by atoms with Crippen LogP contribution in [0.2, 0.25) is 0 Å². The fourth-order valence-electron chi connectivity index (χ4n) is 3.05. The van der Waals surface area contributed by atoms with Crippen LogP contribution >= 0.6 is 0 Å². The molecule has 2 nitrogen and oxygen atoms in total. The van der Waals surface area contributed by atoms with Gasteiger partial charge in [0.2, 0.25) is 0 Å². The van der Waals surface area contributed by atoms with Crippen LogP contribution in [0.3, 0.4) is 0 Å². The molecule has 0 saturated heterocycles. The van der Waals surface area contributed by atoms with E-state index in [0.29, 0.717) is 12.0 Å². The maximum absolute atomic E-state index is 12.3. The second-order valence-electron chi connectivity index (χ2n) is 5.51. The van der Waals surface area contributed by atoms with Gasteiger partial charge in [0.05, 0.1) is 10.8 Å². The number of rotatable bonds is 6. The van der Waals surface area contributed by atoms with Gasteiger partial charge < -0.3 is 5.32 Å². The molecule has 1 fully saturated rings. The van der Waals surface area contributed by atoms with Gasteiger partial charge in [0.15, 0.2) is 0 Å². The van der Waals surface area contributed by atoms with Gasteiger partial charge >= 0.3 is 0 Å². The lowest BCUT2D eigenvalue weighted by molar-refractivity contribution is 0.399. The third-order valence-corrected chi connectivity index (χ3v) is 5.44. The smallest absolute Gasteiger partial charge is 0.0529 e. The number of aryl methyl sites for hydroxylation is 1. The maximum Gasteiger partial charge on any atom is 0.0529 e. The first kappa shape index (κ1) is 14.7. The van der Waals surface area contributed by atoms with Crippen LogP contribution in [0.15, 0.2) is 29.2 Å². The number of hydrogen-bond acceptors (Lipinski definition) is 2. The summed E-state index contributed by atoms with van der Waals surface area (Å²) in [6, 6.07) is 8.74. The Morgan fingerprint density at radius 3 is 2.95 bits per heavy atom. The van der Waals surface area contributed by atoms with Gasteiger partial charge in [-0.1, -0.05) is 25.5 Å². The zero-order valence-electron chi connectivity index (χ0n) is 12.0. The topological polar surface area (TPSA) is 29.1 Å². The van der Waals surface area contributed by atoms with Crippen LogP contribution in [0.5, 0.6) is 0 Å². The summed E-state index contributed by atoms with van der Waals surface area (Å²) in [5.74, 6) is 1.52. The van der Waals surface area contributed by atoms with Crippen molar-refractivity contribution >= 4 is 10.8 Å². The first-order valence-corrected chi connectivity index (χ1v) is 8.71. The lowest BCUT2D eigenvalue weighted by Gasteiger charge is -2.20. The summed E-state index contributed by atoms with van der Waals surface area (Å²) < 4.78 is 12.3. The highest BCUT2D eigenvalue weighted by atomic mass is 32.2. The van der Waals surface area contributed by atoms with Crippen molar-refractivity contribution in [3.05, 3.63) is 29.8 Å². The molecule has 0 amide bonds. The molecule has 1 saturated carbocycles. The molecular formula is C16H25NOS. The van der Waals surface area contributed by atoms with Crippen molar-refractivity contribution in [1.29, 1.82) is 0 Å². The van der Waals surface area contributed by atoms with Crippen molar-refractivity contribution in [3.63, 3.8) is 0 Å². The highest BCUT2D eigenvalue weighted by Gasteiger charge is 2.26. The molecule has 3 atom stereocenters. The van der Waals surface area contributed by atoms with Crippen LogP contribution in [0, 0.1) is 12.8 Å². The van der Waals surface area contributed by atoms with E-state index in [1.807, 2.05) is 18.2 Å². The second-order valence-corrected chi connectivity index (χ2v) is 7.08. The van der Waals surface area contributed by atoms with Crippen LogP contribution < -0.4 is 5.32 Å². The molecule has 106 valence electrons. The molecule has 0 spiro atoms. The minimum absolute atomic E-state index is 0.652. The van der Waals surface area contributed by atoms with E-state index in [1.165, 1.54) is 24.8 Å². The predicted molar refractivity (Wildman–Crippen MR) is 81.9 cm³/mol. The van der Waals surface area contributed by atoms with Crippen LogP contribution in [0.1, 0.15) is 38.2 Å². The molecule has 1 aliphatic rings. The van der Waals surface area contributed by atoms with Crippen LogP contribution in [0.4, 0.5) is 0 Å². The van der Waals surface area contributed by atoms with Crippen molar-refractivity contribution in [2.45, 2.75) is 50.5 Å². The number of nitrogens with one attached hydrogen (secondary N) is 1. The fraction of sp³-hybridized carbons (Fsp3) is 0.625. The SMILES string of the molecule is CCNC1CCCC1CCS(=O)c1cccc(C)c1. The van der Waals surface area contributed by atoms with Gasteiger partial charge in [-0.05, 0) is 56.3 Å². The van der Waals surface area contributed by atoms with Gasteiger partial charge in [0.1, 0.15) is 0 Å². The summed E-state index contributed by atoms with van der Waals surface area (Å²) in [5.41, 5.74) is 1.19. The summed E-state index contributed by atoms with van der Waals surface area (Å²) >= 11 is 0. The molecule has 0 aliphatic heterocycles. The van der Waals surface area contributed by atoms with Crippen molar-refractivity contribution < 1.29 is 4.21 Å². The Morgan fingerprint density at radius 2 is 2.21 bits per heavy atom. The summed E-state index contributed by atoms with van der Waals surface area (Å²) in [4.78, 5) is 0.984. The van der Waals surface area contributed by atoms with Gasteiger partial charge in [-0.2, -0.15) is 0 Å². The van der Waals surface area contributed by atoms with E-state index >= 15 is 0 Å². The number of benzene rings is 1. The van der Waals surface area contributed by atoms with Crippen molar-refractivity contribution in [1.82, 2.24) is 5.32 Å². The summed E-state index contributed by atoms with van der Waals surface area (Å²) in [5, 5.41) is 3.57. The summed E-state index contributed by atoms with van der Waals surface area (Å²) in [7, 11) is -0.836. The van der Waals surface area contributed by atoms with E-state index < -0.39 is 10.8 Å². The largest absolute Gasteiger partial charge is 0.314 e. The van der Waals surface area contributed by atoms with E-state index in [1.54, 1.807) is 0 Å². The Hall–Kier alpha value is -0.670. The maximum atomic E-state index is 12.3. The fourth-order valence-corrected chi connectivity index (χ4v) is 4.35. The van der Waals surface area contributed by atoms with E-state index in [0.717, 1.165) is 23.6 Å². The van der Waals surface area contributed by atoms with Crippen LogP contribution in [-0.4, -0.2) is 22.5 Å². The zero-order valence-corrected chi connectivity index (χ0v) is 12.8. The minimum atomic E-state index is -0.836. The molecule has 1 aromatic rings. The molecule has 3 heteroatoms. The highest BCUT2D eigenvalue weighted by molar-refractivity contribution is 7.85. The molecule has 0 heterocycles. The summed E-state index contributed by atoms with van der Waals surface area (Å²) in [6.07, 6.45) is 4.98. The standard InChI is InChI=1S/C16H25NOS/c1-3-17-16-9-5-7-14(16)10-11-19(18)15-8-4-6-13(2)12-15/h4,6,8,12,14,16-17H,3,5,7,9-11H2,1-2H3. The zero-order chi connectivity index (χ0) is 13.7. The van der Waals surface area contributed by atoms with Gasteiger partial charge in [-0.25, -0.2) is 0 Å². The third kappa shape index (κ3) is 4.15. The first-order chi connectivity index (χ1) is 9.20. The average molecular weight is 279 g/mol. The minimum Gasteiger partial charge on any atom is -0.314 e. The quantitative estimate of drug-likeness (QED) is 0.866. The third-order valence-electron chi connectivity index (χ3n) is 4.05. The average Bonchev–Trinajstić information content (AvgIpc) is 2.84. The Kier molecular flexibility index (Phi) is 5.59. The lowest BCUT2D eigenvalue weighted by Crippen LogP contribution is -2.32. The van der Waals surface area contributed by atoms with Crippen molar-refractivity contribution in [2.24, 2.45) is 5.92 Å². The van der Waals surface area contributed by atoms with Crippen LogP contribution in [0.25, 0.3) is 0 Å². The Balaban J connectivity index is 1.86. The Bertz CT molecular complexity index is 433. The molecule has 3 unspecified atom stereocenters. The van der Waals surface area contributed by atoms with E-state index in [4.69, 9.17) is 0 Å². The van der Waals surface area contributed by atoms with Crippen LogP contribution in [-0.2, 0) is 10.8 Å². The van der Waals surface area contributed by atoms with E-state index in [-0.39, 0.29) is 0 Å². The van der Waals surface area contributed by atoms with Gasteiger partial charge in [-0.15, -0.1) is 0 Å². The molecule has 1 aliphatic carbocycles. The normalized spacial score (nSPS) is 24.5. The number of hydrogen-bond donors (Lipinski definition) is 1. The molecule has 0 aromatic heterocycles. The monoisotopic (exact) mass is 279 g/mol. The van der Waals surface area contributed by atoms with Crippen molar-refractivity contribution in [2.75, 3.05) is 12.3 Å². The van der Waals surface area contributed by atoms with E-state index in [2.05, 4.69) is 25.2 Å². The molecular weight excluding hydrogens is 254 g/mol. The van der Waals surface area contributed by atoms with Crippen molar-refractivity contribution in [3.8, 4) is 0 Å². The summed E-state index contributed by atoms with van der Waals surface area (Å²) in [6.45, 7) is 5.27. The van der Waals surface area contributed by atoms with Gasteiger partial charge in [-0.3, -0.25) is 4.21 Å². The van der Waals surface area contributed by atoms with Gasteiger partial charge in [0, 0.05) is 16.7 Å². The molecule has 1 aromatic carbocycles. The molecule has 0 bridgehead atoms.